The first-order chi connectivity index (χ1) is 9.14. The third-order valence-corrected chi connectivity index (χ3v) is 3.48. The van der Waals surface area contributed by atoms with Crippen LogP contribution < -0.4 is 5.32 Å². The Bertz CT molecular complexity index is 541. The molecule has 1 aromatic rings. The van der Waals surface area contributed by atoms with E-state index in [0.29, 0.717) is 18.9 Å². The Labute approximate surface area is 118 Å². The SMILES string of the molecule is CC(C)(C)c1nc(C(=O)N2CCNC(=O)C2(C)C)n[nH]1. The maximum Gasteiger partial charge on any atom is 0.294 e. The molecule has 110 valence electrons. The van der Waals surface area contributed by atoms with Crippen LogP contribution in [0.2, 0.25) is 0 Å². The molecule has 2 amide bonds. The smallest absolute Gasteiger partial charge is 0.294 e. The predicted molar refractivity (Wildman–Crippen MR) is 73.2 cm³/mol. The molecule has 1 fully saturated rings. The molecule has 2 heterocycles. The standard InChI is InChI=1S/C13H21N5O2/c1-12(2,3)10-15-8(16-17-10)9(19)18-7-6-14-11(20)13(18,4)5/h6-7H2,1-5H3,(H,14,20)(H,15,16,17). The second kappa shape index (κ2) is 4.57. The molecule has 1 aromatic heterocycles. The number of hydrogen-bond acceptors (Lipinski definition) is 4. The van der Waals surface area contributed by atoms with Crippen molar-refractivity contribution in [2.24, 2.45) is 0 Å². The van der Waals surface area contributed by atoms with Gasteiger partial charge in [0.2, 0.25) is 11.7 Å². The molecule has 20 heavy (non-hydrogen) atoms. The Kier molecular flexibility index (Phi) is 3.31. The summed E-state index contributed by atoms with van der Waals surface area (Å²) in [5, 5.41) is 9.54. The summed E-state index contributed by atoms with van der Waals surface area (Å²) < 4.78 is 0. The number of hydrogen-bond donors (Lipinski definition) is 2. The van der Waals surface area contributed by atoms with Crippen LogP contribution in [0.25, 0.3) is 0 Å². The van der Waals surface area contributed by atoms with Gasteiger partial charge in [-0.05, 0) is 13.8 Å². The molecule has 7 heteroatoms. The van der Waals surface area contributed by atoms with Crippen LogP contribution in [0.3, 0.4) is 0 Å². The van der Waals surface area contributed by atoms with Crippen molar-refractivity contribution in [3.63, 3.8) is 0 Å². The zero-order chi connectivity index (χ0) is 15.1. The van der Waals surface area contributed by atoms with Gasteiger partial charge >= 0.3 is 0 Å². The molecular formula is C13H21N5O2. The lowest BCUT2D eigenvalue weighted by atomic mass is 9.96. The van der Waals surface area contributed by atoms with Gasteiger partial charge in [0.05, 0.1) is 0 Å². The Morgan fingerprint density at radius 1 is 1.35 bits per heavy atom. The molecule has 2 N–H and O–H groups in total. The third kappa shape index (κ3) is 2.39. The molecule has 1 aliphatic rings. The maximum atomic E-state index is 12.5. The normalized spacial score (nSPS) is 18.9. The summed E-state index contributed by atoms with van der Waals surface area (Å²) in [7, 11) is 0. The van der Waals surface area contributed by atoms with Crippen molar-refractivity contribution in [3.05, 3.63) is 11.6 Å². The van der Waals surface area contributed by atoms with Crippen molar-refractivity contribution in [3.8, 4) is 0 Å². The predicted octanol–water partition coefficient (Wildman–Crippen LogP) is 0.453. The van der Waals surface area contributed by atoms with Gasteiger partial charge in [-0.15, -0.1) is 5.10 Å². The average Bonchev–Trinajstić information content (AvgIpc) is 2.81. The number of aromatic amines is 1. The van der Waals surface area contributed by atoms with Crippen molar-refractivity contribution in [2.45, 2.75) is 45.6 Å². The molecule has 0 saturated carbocycles. The molecule has 0 atom stereocenters. The monoisotopic (exact) mass is 279 g/mol. The van der Waals surface area contributed by atoms with Crippen LogP contribution in [0.15, 0.2) is 0 Å². The Morgan fingerprint density at radius 2 is 2.00 bits per heavy atom. The number of carbonyl (C=O) groups excluding carboxylic acids is 2. The number of piperazine rings is 1. The van der Waals surface area contributed by atoms with Gasteiger partial charge < -0.3 is 10.2 Å². The number of carbonyl (C=O) groups is 2. The molecule has 7 nitrogen and oxygen atoms in total. The van der Waals surface area contributed by atoms with Crippen LogP contribution in [-0.4, -0.2) is 50.5 Å². The van der Waals surface area contributed by atoms with Gasteiger partial charge in [-0.1, -0.05) is 20.8 Å². The summed E-state index contributed by atoms with van der Waals surface area (Å²) in [6, 6.07) is 0. The van der Waals surface area contributed by atoms with Gasteiger partial charge in [0, 0.05) is 18.5 Å². The highest BCUT2D eigenvalue weighted by Crippen LogP contribution is 2.21. The quantitative estimate of drug-likeness (QED) is 0.781. The van der Waals surface area contributed by atoms with E-state index in [-0.39, 0.29) is 23.1 Å². The minimum atomic E-state index is -0.891. The Balaban J connectivity index is 2.27. The summed E-state index contributed by atoms with van der Waals surface area (Å²) in [6.07, 6.45) is 0. The topological polar surface area (TPSA) is 91.0 Å². The fraction of sp³-hybridized carbons (Fsp3) is 0.692. The fourth-order valence-corrected chi connectivity index (χ4v) is 2.07. The lowest BCUT2D eigenvalue weighted by molar-refractivity contribution is -0.133. The number of nitrogens with one attached hydrogen (secondary N) is 2. The summed E-state index contributed by atoms with van der Waals surface area (Å²) in [6.45, 7) is 10.3. The van der Waals surface area contributed by atoms with Crippen LogP contribution in [-0.2, 0) is 10.2 Å². The maximum absolute atomic E-state index is 12.5. The lowest BCUT2D eigenvalue weighted by Gasteiger charge is -2.40. The average molecular weight is 279 g/mol. The molecule has 1 aliphatic heterocycles. The second-order valence-electron chi connectivity index (χ2n) is 6.53. The van der Waals surface area contributed by atoms with Gasteiger partial charge in [-0.3, -0.25) is 14.7 Å². The molecule has 1 saturated heterocycles. The number of amides is 2. The highest BCUT2D eigenvalue weighted by atomic mass is 16.2. The van der Waals surface area contributed by atoms with E-state index < -0.39 is 5.54 Å². The highest BCUT2D eigenvalue weighted by Gasteiger charge is 2.42. The van der Waals surface area contributed by atoms with Gasteiger partial charge in [0.1, 0.15) is 11.4 Å². The van der Waals surface area contributed by atoms with E-state index in [1.807, 2.05) is 20.8 Å². The van der Waals surface area contributed by atoms with Crippen molar-refractivity contribution >= 4 is 11.8 Å². The van der Waals surface area contributed by atoms with Crippen LogP contribution in [0.1, 0.15) is 51.1 Å². The van der Waals surface area contributed by atoms with E-state index in [0.717, 1.165) is 0 Å². The molecule has 0 unspecified atom stereocenters. The molecule has 2 rings (SSSR count). The van der Waals surface area contributed by atoms with Crippen LogP contribution in [0.5, 0.6) is 0 Å². The zero-order valence-corrected chi connectivity index (χ0v) is 12.6. The van der Waals surface area contributed by atoms with Crippen molar-refractivity contribution < 1.29 is 9.59 Å². The minimum Gasteiger partial charge on any atom is -0.352 e. The molecular weight excluding hydrogens is 258 g/mol. The van der Waals surface area contributed by atoms with E-state index >= 15 is 0 Å². The first kappa shape index (κ1) is 14.5. The van der Waals surface area contributed by atoms with E-state index in [4.69, 9.17) is 0 Å². The van der Waals surface area contributed by atoms with Crippen molar-refractivity contribution in [2.75, 3.05) is 13.1 Å². The number of H-pyrrole nitrogens is 1. The van der Waals surface area contributed by atoms with E-state index in [1.54, 1.807) is 13.8 Å². The molecule has 0 aromatic carbocycles. The summed E-state index contributed by atoms with van der Waals surface area (Å²) >= 11 is 0. The summed E-state index contributed by atoms with van der Waals surface area (Å²) in [5.74, 6) is 0.276. The minimum absolute atomic E-state index is 0.109. The van der Waals surface area contributed by atoms with E-state index in [9.17, 15) is 9.59 Å². The van der Waals surface area contributed by atoms with Gasteiger partial charge in [0.15, 0.2) is 0 Å². The third-order valence-electron chi connectivity index (χ3n) is 3.48. The number of nitrogens with zero attached hydrogens (tertiary/aromatic N) is 3. The first-order valence-corrected chi connectivity index (χ1v) is 6.67. The molecule has 0 bridgehead atoms. The first-order valence-electron chi connectivity index (χ1n) is 6.67. The highest BCUT2D eigenvalue weighted by molar-refractivity contribution is 5.97. The van der Waals surface area contributed by atoms with Crippen LogP contribution in [0, 0.1) is 0 Å². The largest absolute Gasteiger partial charge is 0.352 e. The second-order valence-corrected chi connectivity index (χ2v) is 6.53. The number of rotatable bonds is 1. The molecule has 0 spiro atoms. The van der Waals surface area contributed by atoms with E-state index in [2.05, 4.69) is 20.5 Å². The van der Waals surface area contributed by atoms with Crippen molar-refractivity contribution in [1.82, 2.24) is 25.4 Å². The summed E-state index contributed by atoms with van der Waals surface area (Å²) in [4.78, 5) is 30.1. The molecule has 0 radical (unpaired) electrons. The van der Waals surface area contributed by atoms with Crippen LogP contribution >= 0.6 is 0 Å². The lowest BCUT2D eigenvalue weighted by Crippen LogP contribution is -2.63. The van der Waals surface area contributed by atoms with E-state index in [1.165, 1.54) is 4.90 Å². The number of aromatic nitrogens is 3. The Morgan fingerprint density at radius 3 is 2.55 bits per heavy atom. The zero-order valence-electron chi connectivity index (χ0n) is 12.6. The Hall–Kier alpha value is -1.92. The fourth-order valence-electron chi connectivity index (χ4n) is 2.07. The van der Waals surface area contributed by atoms with Crippen LogP contribution in [0.4, 0.5) is 0 Å². The van der Waals surface area contributed by atoms with Gasteiger partial charge in [-0.2, -0.15) is 0 Å². The van der Waals surface area contributed by atoms with Crippen molar-refractivity contribution in [1.29, 1.82) is 0 Å². The van der Waals surface area contributed by atoms with Gasteiger partial charge in [-0.25, -0.2) is 4.98 Å². The van der Waals surface area contributed by atoms with Gasteiger partial charge in [0.25, 0.3) is 5.91 Å². The molecule has 0 aliphatic carbocycles. The summed E-state index contributed by atoms with van der Waals surface area (Å²) in [5.41, 5.74) is -1.10.